The van der Waals surface area contributed by atoms with Gasteiger partial charge >= 0.3 is 10.1 Å². The molecule has 1 saturated heterocycles. The number of carbonyl (C=O) groups excluding carboxylic acids is 1. The van der Waals surface area contributed by atoms with Crippen molar-refractivity contribution in [3.8, 4) is 11.5 Å². The van der Waals surface area contributed by atoms with Gasteiger partial charge in [0.1, 0.15) is 10.6 Å². The van der Waals surface area contributed by atoms with Crippen LogP contribution in [0.25, 0.3) is 0 Å². The second-order valence-corrected chi connectivity index (χ2v) is 9.21. The first-order valence-electron chi connectivity index (χ1n) is 9.15. The highest BCUT2D eigenvalue weighted by atomic mass is 32.2. The number of amides is 1. The molecule has 10 heteroatoms. The molecule has 2 aromatic carbocycles. The Hall–Kier alpha value is -2.85. The van der Waals surface area contributed by atoms with E-state index in [2.05, 4.69) is 15.5 Å². The standard InChI is InChI=1S/C20H21N3O5S2/c1-4-27-16-8-10-17(11-9-16)30(25,26)28-18-13(2)6-5-7-15(18)12-21-23-20-22-19(24)14(3)29-20/h5-12,14H,4H2,1-3H3,(H,22,23,24). The maximum atomic E-state index is 12.7. The van der Waals surface area contributed by atoms with Gasteiger partial charge in [0.15, 0.2) is 10.9 Å². The zero-order chi connectivity index (χ0) is 21.7. The van der Waals surface area contributed by atoms with Crippen LogP contribution in [0.5, 0.6) is 11.5 Å². The van der Waals surface area contributed by atoms with Crippen molar-refractivity contribution in [1.29, 1.82) is 0 Å². The molecule has 8 nitrogen and oxygen atoms in total. The van der Waals surface area contributed by atoms with E-state index in [1.807, 2.05) is 6.92 Å². The topological polar surface area (TPSA) is 106 Å². The molecule has 1 amide bonds. The second-order valence-electron chi connectivity index (χ2n) is 6.33. The Bertz CT molecular complexity index is 1100. The molecule has 1 aliphatic heterocycles. The molecule has 1 fully saturated rings. The van der Waals surface area contributed by atoms with Gasteiger partial charge in [-0.3, -0.25) is 4.79 Å². The molecule has 0 aromatic heterocycles. The van der Waals surface area contributed by atoms with E-state index in [-0.39, 0.29) is 21.8 Å². The average molecular weight is 448 g/mol. The largest absolute Gasteiger partial charge is 0.494 e. The molecule has 1 heterocycles. The SMILES string of the molecule is CCOc1ccc(S(=O)(=O)Oc2c(C)cccc2C=N/N=C2/NC(=O)C(C)S2)cc1. The maximum Gasteiger partial charge on any atom is 0.339 e. The highest BCUT2D eigenvalue weighted by molar-refractivity contribution is 8.15. The van der Waals surface area contributed by atoms with Gasteiger partial charge in [0.05, 0.1) is 18.1 Å². The lowest BCUT2D eigenvalue weighted by Crippen LogP contribution is -2.23. The highest BCUT2D eigenvalue weighted by Gasteiger charge is 2.25. The Balaban J connectivity index is 1.83. The molecule has 30 heavy (non-hydrogen) atoms. The van der Waals surface area contributed by atoms with E-state index in [0.29, 0.717) is 28.7 Å². The number of nitrogens with one attached hydrogen (secondary N) is 1. The Morgan fingerprint density at radius 3 is 2.57 bits per heavy atom. The molecular weight excluding hydrogens is 426 g/mol. The van der Waals surface area contributed by atoms with E-state index in [4.69, 9.17) is 8.92 Å². The van der Waals surface area contributed by atoms with E-state index in [1.54, 1.807) is 44.2 Å². The zero-order valence-corrected chi connectivity index (χ0v) is 18.3. The molecule has 158 valence electrons. The summed E-state index contributed by atoms with van der Waals surface area (Å²) >= 11 is 1.27. The number of aryl methyl sites for hydroxylation is 1. The summed E-state index contributed by atoms with van der Waals surface area (Å²) in [4.78, 5) is 11.5. The number of nitrogens with zero attached hydrogens (tertiary/aromatic N) is 2. The van der Waals surface area contributed by atoms with Gasteiger partial charge in [0.25, 0.3) is 0 Å². The van der Waals surface area contributed by atoms with Gasteiger partial charge in [-0.1, -0.05) is 23.9 Å². The molecular formula is C20H21N3O5S2. The number of thioether (sulfide) groups is 1. The lowest BCUT2D eigenvalue weighted by atomic mass is 10.1. The van der Waals surface area contributed by atoms with E-state index < -0.39 is 10.1 Å². The Labute approximate surface area is 179 Å². The monoisotopic (exact) mass is 447 g/mol. The van der Waals surface area contributed by atoms with Crippen molar-refractivity contribution in [2.24, 2.45) is 10.2 Å². The lowest BCUT2D eigenvalue weighted by Gasteiger charge is -2.12. The second kappa shape index (κ2) is 9.31. The molecule has 0 saturated carbocycles. The Morgan fingerprint density at radius 2 is 1.93 bits per heavy atom. The van der Waals surface area contributed by atoms with Gasteiger partial charge in [0, 0.05) is 5.56 Å². The van der Waals surface area contributed by atoms with Crippen molar-refractivity contribution in [2.45, 2.75) is 30.9 Å². The van der Waals surface area contributed by atoms with Gasteiger partial charge in [-0.2, -0.15) is 13.5 Å². The third kappa shape index (κ3) is 5.19. The van der Waals surface area contributed by atoms with E-state index in [1.165, 1.54) is 30.1 Å². The Morgan fingerprint density at radius 1 is 1.20 bits per heavy atom. The molecule has 3 rings (SSSR count). The van der Waals surface area contributed by atoms with Crippen LogP contribution >= 0.6 is 11.8 Å². The quantitative estimate of drug-likeness (QED) is 0.397. The minimum absolute atomic E-state index is 0.0105. The number of rotatable bonds is 7. The summed E-state index contributed by atoms with van der Waals surface area (Å²) in [6.07, 6.45) is 1.39. The van der Waals surface area contributed by atoms with Crippen LogP contribution < -0.4 is 14.2 Å². The third-order valence-corrected chi connectivity index (χ3v) is 6.30. The van der Waals surface area contributed by atoms with Gasteiger partial charge in [-0.25, -0.2) is 0 Å². The molecule has 0 radical (unpaired) electrons. The number of benzene rings is 2. The number of hydrogen-bond acceptors (Lipinski definition) is 8. The maximum absolute atomic E-state index is 12.7. The van der Waals surface area contributed by atoms with Crippen LogP contribution in [0.15, 0.2) is 57.6 Å². The number of amidine groups is 1. The Kier molecular flexibility index (Phi) is 6.78. The molecule has 1 N–H and O–H groups in total. The summed E-state index contributed by atoms with van der Waals surface area (Å²) in [5, 5.41) is 10.7. The van der Waals surface area contributed by atoms with Crippen molar-refractivity contribution < 1.29 is 22.1 Å². The normalized spacial score (nSPS) is 18.0. The van der Waals surface area contributed by atoms with Gasteiger partial charge in [0.2, 0.25) is 5.91 Å². The average Bonchev–Trinajstić information content (AvgIpc) is 3.02. The summed E-state index contributed by atoms with van der Waals surface area (Å²) in [6, 6.07) is 11.2. The fourth-order valence-corrected chi connectivity index (χ4v) is 4.33. The molecule has 0 bridgehead atoms. The number of ether oxygens (including phenoxy) is 1. The van der Waals surface area contributed by atoms with Crippen molar-refractivity contribution >= 4 is 39.2 Å². The van der Waals surface area contributed by atoms with E-state index in [9.17, 15) is 13.2 Å². The summed E-state index contributed by atoms with van der Waals surface area (Å²) in [7, 11) is -4.06. The summed E-state index contributed by atoms with van der Waals surface area (Å²) < 4.78 is 36.2. The number of para-hydroxylation sites is 1. The first-order valence-corrected chi connectivity index (χ1v) is 11.4. The van der Waals surface area contributed by atoms with Crippen LogP contribution in [0, 0.1) is 6.92 Å². The predicted octanol–water partition coefficient (Wildman–Crippen LogP) is 3.10. The van der Waals surface area contributed by atoms with Crippen LogP contribution in [-0.2, 0) is 14.9 Å². The molecule has 1 atom stereocenters. The summed E-state index contributed by atoms with van der Waals surface area (Å²) in [5.41, 5.74) is 1.06. The lowest BCUT2D eigenvalue weighted by molar-refractivity contribution is -0.118. The highest BCUT2D eigenvalue weighted by Crippen LogP contribution is 2.27. The van der Waals surface area contributed by atoms with Gasteiger partial charge in [-0.15, -0.1) is 5.10 Å². The van der Waals surface area contributed by atoms with E-state index >= 15 is 0 Å². The third-order valence-electron chi connectivity index (χ3n) is 4.09. The number of hydrogen-bond donors (Lipinski definition) is 1. The van der Waals surface area contributed by atoms with Gasteiger partial charge < -0.3 is 14.2 Å². The molecule has 1 aliphatic rings. The number of carbonyl (C=O) groups is 1. The molecule has 2 aromatic rings. The summed E-state index contributed by atoms with van der Waals surface area (Å²) in [5.74, 6) is 0.604. The van der Waals surface area contributed by atoms with Crippen molar-refractivity contribution in [3.63, 3.8) is 0 Å². The predicted molar refractivity (Wildman–Crippen MR) is 117 cm³/mol. The fraction of sp³-hybridized carbons (Fsp3) is 0.250. The van der Waals surface area contributed by atoms with Crippen LogP contribution in [0.3, 0.4) is 0 Å². The van der Waals surface area contributed by atoms with Gasteiger partial charge in [-0.05, 0) is 56.7 Å². The zero-order valence-electron chi connectivity index (χ0n) is 16.7. The smallest absolute Gasteiger partial charge is 0.339 e. The first kappa shape index (κ1) is 21.8. The van der Waals surface area contributed by atoms with Crippen molar-refractivity contribution in [3.05, 3.63) is 53.6 Å². The summed E-state index contributed by atoms with van der Waals surface area (Å²) in [6.45, 7) is 5.84. The van der Waals surface area contributed by atoms with Crippen LogP contribution in [0.2, 0.25) is 0 Å². The van der Waals surface area contributed by atoms with Crippen molar-refractivity contribution in [2.75, 3.05) is 6.61 Å². The van der Waals surface area contributed by atoms with Crippen molar-refractivity contribution in [1.82, 2.24) is 5.32 Å². The van der Waals surface area contributed by atoms with Crippen LogP contribution in [0.4, 0.5) is 0 Å². The first-order chi connectivity index (χ1) is 14.3. The molecule has 1 unspecified atom stereocenters. The molecule has 0 aliphatic carbocycles. The minimum Gasteiger partial charge on any atom is -0.494 e. The molecule has 0 spiro atoms. The fourth-order valence-electron chi connectivity index (χ4n) is 2.57. The minimum atomic E-state index is -4.06. The van der Waals surface area contributed by atoms with E-state index in [0.717, 1.165) is 0 Å². The van der Waals surface area contributed by atoms with Crippen LogP contribution in [0.1, 0.15) is 25.0 Å². The van der Waals surface area contributed by atoms with Crippen LogP contribution in [-0.4, -0.2) is 37.6 Å².